The quantitative estimate of drug-likeness (QED) is 0.758. The molecule has 104 valence electrons. The Bertz CT molecular complexity index is 529. The molecule has 0 fully saturated rings. The number of carboxylic acids is 1. The van der Waals surface area contributed by atoms with Gasteiger partial charge in [0.15, 0.2) is 0 Å². The van der Waals surface area contributed by atoms with Crippen molar-refractivity contribution in [2.24, 2.45) is 0 Å². The Hall–Kier alpha value is -2.09. The predicted molar refractivity (Wildman–Crippen MR) is 81.1 cm³/mol. The first kappa shape index (κ1) is 14.3. The average molecular weight is 268 g/mol. The minimum Gasteiger partial charge on any atom is -0.478 e. The molecule has 0 saturated carbocycles. The van der Waals surface area contributed by atoms with E-state index in [0.29, 0.717) is 5.56 Å². The van der Waals surface area contributed by atoms with Gasteiger partial charge >= 0.3 is 5.97 Å². The van der Waals surface area contributed by atoms with Crippen LogP contribution in [0.4, 0.5) is 0 Å². The zero-order chi connectivity index (χ0) is 14.2. The molecule has 0 aromatic heterocycles. The molecular weight excluding hydrogens is 248 g/mol. The highest BCUT2D eigenvalue weighted by atomic mass is 16.4. The topological polar surface area (TPSA) is 37.3 Å². The van der Waals surface area contributed by atoms with E-state index in [2.05, 4.69) is 24.3 Å². The van der Waals surface area contributed by atoms with Crippen LogP contribution in [0.1, 0.15) is 40.7 Å². The second-order valence-corrected chi connectivity index (χ2v) is 5.05. The van der Waals surface area contributed by atoms with Crippen LogP contribution in [0.3, 0.4) is 0 Å². The monoisotopic (exact) mass is 268 g/mol. The van der Waals surface area contributed by atoms with Crippen LogP contribution in [0, 0.1) is 0 Å². The fourth-order valence-electron chi connectivity index (χ4n) is 2.29. The first-order valence-corrected chi connectivity index (χ1v) is 7.12. The van der Waals surface area contributed by atoms with E-state index in [-0.39, 0.29) is 0 Å². The van der Waals surface area contributed by atoms with Gasteiger partial charge in [0.25, 0.3) is 0 Å². The van der Waals surface area contributed by atoms with Crippen molar-refractivity contribution in [2.45, 2.75) is 32.1 Å². The van der Waals surface area contributed by atoms with E-state index in [1.807, 2.05) is 18.2 Å². The maximum Gasteiger partial charge on any atom is 0.335 e. The van der Waals surface area contributed by atoms with E-state index in [9.17, 15) is 4.79 Å². The van der Waals surface area contributed by atoms with Gasteiger partial charge in [0.2, 0.25) is 0 Å². The van der Waals surface area contributed by atoms with Crippen LogP contribution >= 0.6 is 0 Å². The lowest BCUT2D eigenvalue weighted by atomic mass is 10.0. The van der Waals surface area contributed by atoms with Gasteiger partial charge in [-0.2, -0.15) is 0 Å². The van der Waals surface area contributed by atoms with Crippen molar-refractivity contribution in [3.63, 3.8) is 0 Å². The summed E-state index contributed by atoms with van der Waals surface area (Å²) >= 11 is 0. The first-order valence-electron chi connectivity index (χ1n) is 7.12. The number of unbranched alkanes of at least 4 members (excludes halogenated alkanes) is 2. The van der Waals surface area contributed by atoms with Crippen LogP contribution in [0.25, 0.3) is 0 Å². The van der Waals surface area contributed by atoms with Gasteiger partial charge in [0.1, 0.15) is 0 Å². The van der Waals surface area contributed by atoms with Crippen LogP contribution in [0.2, 0.25) is 0 Å². The van der Waals surface area contributed by atoms with E-state index in [0.717, 1.165) is 19.3 Å². The fraction of sp³-hybridized carbons (Fsp3) is 0.278. The lowest BCUT2D eigenvalue weighted by Gasteiger charge is -2.03. The van der Waals surface area contributed by atoms with Gasteiger partial charge in [-0.05, 0) is 48.9 Å². The number of carbonyl (C=O) groups is 1. The smallest absolute Gasteiger partial charge is 0.335 e. The van der Waals surface area contributed by atoms with Gasteiger partial charge in [-0.15, -0.1) is 0 Å². The molecule has 2 rings (SSSR count). The molecule has 1 N–H and O–H groups in total. The third-order valence-corrected chi connectivity index (χ3v) is 3.47. The first-order chi connectivity index (χ1) is 9.75. The molecule has 20 heavy (non-hydrogen) atoms. The minimum absolute atomic E-state index is 0.359. The molecular formula is C18H20O2. The number of hydrogen-bond acceptors (Lipinski definition) is 1. The van der Waals surface area contributed by atoms with Crippen LogP contribution in [0.15, 0.2) is 54.6 Å². The number of benzene rings is 2. The summed E-state index contributed by atoms with van der Waals surface area (Å²) in [5.74, 6) is -0.862. The van der Waals surface area contributed by atoms with E-state index in [1.54, 1.807) is 12.1 Å². The standard InChI is InChI=1S/C18H20O2/c19-18(20)17-13-11-16(12-14-17)10-6-2-5-9-15-7-3-1-4-8-15/h1,3-4,7-8,11-14H,2,5-6,9-10H2,(H,19,20). The Morgan fingerprint density at radius 1 is 0.750 bits per heavy atom. The fourth-order valence-corrected chi connectivity index (χ4v) is 2.29. The third-order valence-electron chi connectivity index (χ3n) is 3.47. The lowest BCUT2D eigenvalue weighted by molar-refractivity contribution is 0.0697. The molecule has 2 aromatic rings. The summed E-state index contributed by atoms with van der Waals surface area (Å²) in [6, 6.07) is 17.8. The highest BCUT2D eigenvalue weighted by Gasteiger charge is 2.01. The zero-order valence-corrected chi connectivity index (χ0v) is 11.6. The summed E-state index contributed by atoms with van der Waals surface area (Å²) in [4.78, 5) is 10.7. The number of aromatic carboxylic acids is 1. The molecule has 0 unspecified atom stereocenters. The maximum absolute atomic E-state index is 10.7. The zero-order valence-electron chi connectivity index (χ0n) is 11.6. The van der Waals surface area contributed by atoms with Crippen LogP contribution in [-0.4, -0.2) is 11.1 Å². The molecule has 2 nitrogen and oxygen atoms in total. The molecule has 0 bridgehead atoms. The van der Waals surface area contributed by atoms with Gasteiger partial charge < -0.3 is 5.11 Å². The van der Waals surface area contributed by atoms with E-state index in [1.165, 1.54) is 24.0 Å². The van der Waals surface area contributed by atoms with Crippen molar-refractivity contribution in [3.05, 3.63) is 71.3 Å². The Labute approximate surface area is 120 Å². The molecule has 0 amide bonds. The van der Waals surface area contributed by atoms with Crippen LogP contribution in [-0.2, 0) is 12.8 Å². The SMILES string of the molecule is O=C(O)c1ccc(CCCCCc2ccccc2)cc1. The predicted octanol–water partition coefficient (Wildman–Crippen LogP) is 4.34. The molecule has 0 saturated heterocycles. The van der Waals surface area contributed by atoms with Gasteiger partial charge in [-0.1, -0.05) is 48.9 Å². The van der Waals surface area contributed by atoms with Crippen LogP contribution in [0.5, 0.6) is 0 Å². The van der Waals surface area contributed by atoms with E-state index >= 15 is 0 Å². The van der Waals surface area contributed by atoms with Crippen molar-refractivity contribution in [2.75, 3.05) is 0 Å². The number of carboxylic acid groups (broad SMARTS) is 1. The van der Waals surface area contributed by atoms with E-state index < -0.39 is 5.97 Å². The molecule has 0 aliphatic carbocycles. The minimum atomic E-state index is -0.862. The van der Waals surface area contributed by atoms with Gasteiger partial charge in [0.05, 0.1) is 5.56 Å². The van der Waals surface area contributed by atoms with Gasteiger partial charge in [-0.3, -0.25) is 0 Å². The third kappa shape index (κ3) is 4.54. The molecule has 0 aliphatic rings. The van der Waals surface area contributed by atoms with Crippen molar-refractivity contribution >= 4 is 5.97 Å². The molecule has 0 heterocycles. The highest BCUT2D eigenvalue weighted by Crippen LogP contribution is 2.11. The summed E-state index contributed by atoms with van der Waals surface area (Å²) in [6.07, 6.45) is 5.72. The second kappa shape index (κ2) is 7.49. The Morgan fingerprint density at radius 2 is 1.30 bits per heavy atom. The van der Waals surface area contributed by atoms with Crippen molar-refractivity contribution in [1.82, 2.24) is 0 Å². The van der Waals surface area contributed by atoms with Gasteiger partial charge in [0, 0.05) is 0 Å². The number of hydrogen-bond donors (Lipinski definition) is 1. The molecule has 2 heteroatoms. The van der Waals surface area contributed by atoms with Crippen molar-refractivity contribution in [3.8, 4) is 0 Å². The summed E-state index contributed by atoms with van der Waals surface area (Å²) in [5.41, 5.74) is 2.98. The van der Waals surface area contributed by atoms with Crippen molar-refractivity contribution < 1.29 is 9.90 Å². The highest BCUT2D eigenvalue weighted by molar-refractivity contribution is 5.87. The molecule has 0 spiro atoms. The second-order valence-electron chi connectivity index (χ2n) is 5.05. The molecule has 0 atom stereocenters. The molecule has 0 aliphatic heterocycles. The Morgan fingerprint density at radius 3 is 1.85 bits per heavy atom. The maximum atomic E-state index is 10.7. The normalized spacial score (nSPS) is 10.4. The Kier molecular flexibility index (Phi) is 5.36. The lowest BCUT2D eigenvalue weighted by Crippen LogP contribution is -1.96. The average Bonchev–Trinajstić information content (AvgIpc) is 2.48. The van der Waals surface area contributed by atoms with E-state index in [4.69, 9.17) is 5.11 Å². The summed E-state index contributed by atoms with van der Waals surface area (Å²) in [7, 11) is 0. The van der Waals surface area contributed by atoms with Crippen molar-refractivity contribution in [1.29, 1.82) is 0 Å². The molecule has 2 aromatic carbocycles. The Balaban J connectivity index is 1.67. The summed E-state index contributed by atoms with van der Waals surface area (Å²) in [6.45, 7) is 0. The number of aryl methyl sites for hydroxylation is 2. The van der Waals surface area contributed by atoms with Crippen LogP contribution < -0.4 is 0 Å². The largest absolute Gasteiger partial charge is 0.478 e. The van der Waals surface area contributed by atoms with Gasteiger partial charge in [-0.25, -0.2) is 4.79 Å². The molecule has 0 radical (unpaired) electrons. The summed E-state index contributed by atoms with van der Waals surface area (Å²) < 4.78 is 0. The number of rotatable bonds is 7. The summed E-state index contributed by atoms with van der Waals surface area (Å²) in [5, 5.41) is 8.83.